The second-order valence-electron chi connectivity index (χ2n) is 4.77. The Balaban J connectivity index is 0.000000131. The van der Waals surface area contributed by atoms with Crippen LogP contribution in [0.25, 0.3) is 10.8 Å². The lowest BCUT2D eigenvalue weighted by Gasteiger charge is -1.94. The van der Waals surface area contributed by atoms with E-state index in [4.69, 9.17) is 9.84 Å². The summed E-state index contributed by atoms with van der Waals surface area (Å²) in [5.74, 6) is 0.322. The Morgan fingerprint density at radius 2 is 1.17 bits per heavy atom. The van der Waals surface area contributed by atoms with E-state index in [9.17, 15) is 0 Å². The van der Waals surface area contributed by atoms with Gasteiger partial charge in [0, 0.05) is 0 Å². The van der Waals surface area contributed by atoms with E-state index in [0.29, 0.717) is 5.75 Å². The van der Waals surface area contributed by atoms with Gasteiger partial charge in [0.15, 0.2) is 0 Å². The van der Waals surface area contributed by atoms with Gasteiger partial charge in [0.05, 0.1) is 6.26 Å². The lowest BCUT2D eigenvalue weighted by atomic mass is 10.1. The number of allylic oxidation sites excluding steroid dienone is 2. The minimum Gasteiger partial charge on any atom is -0.508 e. The van der Waals surface area contributed by atoms with E-state index in [0.717, 1.165) is 6.61 Å². The summed E-state index contributed by atoms with van der Waals surface area (Å²) >= 11 is 0. The Bertz CT molecular complexity index is 668. The van der Waals surface area contributed by atoms with Crippen molar-refractivity contribution in [2.45, 2.75) is 0 Å². The number of fused-ring (bicyclic) bond motifs is 1. The molecule has 2 nitrogen and oxygen atoms in total. The van der Waals surface area contributed by atoms with Crippen LogP contribution in [0, 0.1) is 0 Å². The molecule has 0 unspecified atom stereocenters. The van der Waals surface area contributed by atoms with E-state index in [-0.39, 0.29) is 0 Å². The fourth-order valence-corrected chi connectivity index (χ4v) is 1.91. The largest absolute Gasteiger partial charge is 0.508 e. The van der Waals surface area contributed by atoms with E-state index < -0.39 is 0 Å². The first-order valence-corrected chi connectivity index (χ1v) is 7.47. The number of benzene rings is 3. The van der Waals surface area contributed by atoms with Gasteiger partial charge in [0.1, 0.15) is 12.4 Å². The molecule has 0 spiro atoms. The molecule has 2 heteroatoms. The molecule has 3 aromatic carbocycles. The number of ether oxygens (including phenoxy) is 1. The third-order valence-corrected chi connectivity index (χ3v) is 3.03. The first-order valence-electron chi connectivity index (χ1n) is 7.47. The quantitative estimate of drug-likeness (QED) is 0.609. The highest BCUT2D eigenvalue weighted by atomic mass is 16.5. The first kappa shape index (κ1) is 16.4. The molecule has 0 saturated heterocycles. The van der Waals surface area contributed by atoms with E-state index in [1.165, 1.54) is 10.8 Å². The van der Waals surface area contributed by atoms with Crippen molar-refractivity contribution in [1.29, 1.82) is 0 Å². The van der Waals surface area contributed by atoms with Gasteiger partial charge in [-0.05, 0) is 35.1 Å². The van der Waals surface area contributed by atoms with Crippen molar-refractivity contribution in [3.8, 4) is 5.75 Å². The molecule has 1 aliphatic heterocycles. The van der Waals surface area contributed by atoms with Crippen LogP contribution in [-0.2, 0) is 4.74 Å². The highest BCUT2D eigenvalue weighted by Gasteiger charge is 1.85. The second kappa shape index (κ2) is 9.85. The number of rotatable bonds is 0. The van der Waals surface area contributed by atoms with Gasteiger partial charge < -0.3 is 9.84 Å². The highest BCUT2D eigenvalue weighted by molar-refractivity contribution is 5.81. The van der Waals surface area contributed by atoms with Gasteiger partial charge in [-0.25, -0.2) is 0 Å². The molecule has 4 rings (SSSR count). The molecule has 0 fully saturated rings. The molecule has 0 amide bonds. The van der Waals surface area contributed by atoms with Gasteiger partial charge in [-0.1, -0.05) is 72.8 Å². The van der Waals surface area contributed by atoms with Crippen molar-refractivity contribution < 1.29 is 9.84 Å². The lowest BCUT2D eigenvalue weighted by molar-refractivity contribution is 0.286. The maximum absolute atomic E-state index is 8.63. The van der Waals surface area contributed by atoms with Crippen LogP contribution in [0.15, 0.2) is 103 Å². The normalized spacial score (nSPS) is 11.5. The maximum Gasteiger partial charge on any atom is 0.115 e. The third-order valence-electron chi connectivity index (χ3n) is 3.03. The maximum atomic E-state index is 8.63. The number of phenolic OH excluding ortho intramolecular Hbond substituents is 1. The van der Waals surface area contributed by atoms with Gasteiger partial charge in [-0.3, -0.25) is 0 Å². The van der Waals surface area contributed by atoms with Crippen LogP contribution in [-0.4, -0.2) is 11.7 Å². The van der Waals surface area contributed by atoms with Crippen molar-refractivity contribution in [2.75, 3.05) is 6.61 Å². The molecule has 0 aliphatic carbocycles. The van der Waals surface area contributed by atoms with Crippen LogP contribution in [0.3, 0.4) is 0 Å². The zero-order chi connectivity index (χ0) is 16.2. The Hall–Kier alpha value is -3.00. The van der Waals surface area contributed by atoms with Crippen LogP contribution in [0.1, 0.15) is 0 Å². The van der Waals surface area contributed by atoms with Gasteiger partial charge >= 0.3 is 0 Å². The predicted octanol–water partition coefficient (Wildman–Crippen LogP) is 5.32. The Morgan fingerprint density at radius 3 is 1.43 bits per heavy atom. The SMILES string of the molecule is C1=CCOC=C1.Oc1ccccc1.c1ccc2ccccc2c1. The zero-order valence-electron chi connectivity index (χ0n) is 12.9. The molecule has 1 N–H and O–H groups in total. The summed E-state index contributed by atoms with van der Waals surface area (Å²) in [7, 11) is 0. The van der Waals surface area contributed by atoms with Crippen molar-refractivity contribution in [3.05, 3.63) is 103 Å². The van der Waals surface area contributed by atoms with E-state index in [1.807, 2.05) is 24.3 Å². The molecule has 0 saturated carbocycles. The van der Waals surface area contributed by atoms with Crippen LogP contribution in [0.4, 0.5) is 0 Å². The molecule has 0 atom stereocenters. The van der Waals surface area contributed by atoms with Gasteiger partial charge in [-0.15, -0.1) is 0 Å². The molecule has 116 valence electrons. The van der Waals surface area contributed by atoms with Crippen LogP contribution >= 0.6 is 0 Å². The summed E-state index contributed by atoms with van der Waals surface area (Å²) in [6, 6.07) is 25.4. The molecule has 0 aromatic heterocycles. The molecule has 0 radical (unpaired) electrons. The molecule has 1 heterocycles. The smallest absolute Gasteiger partial charge is 0.115 e. The Morgan fingerprint density at radius 1 is 0.652 bits per heavy atom. The number of hydrogen-bond donors (Lipinski definition) is 1. The van der Waals surface area contributed by atoms with E-state index >= 15 is 0 Å². The summed E-state index contributed by atoms with van der Waals surface area (Å²) in [6.45, 7) is 0.733. The van der Waals surface area contributed by atoms with Gasteiger partial charge in [0.25, 0.3) is 0 Å². The van der Waals surface area contributed by atoms with Crippen molar-refractivity contribution in [2.24, 2.45) is 0 Å². The number of para-hydroxylation sites is 1. The Labute approximate surface area is 137 Å². The summed E-state index contributed by atoms with van der Waals surface area (Å²) in [4.78, 5) is 0. The first-order chi connectivity index (χ1) is 11.4. The predicted molar refractivity (Wildman–Crippen MR) is 96.3 cm³/mol. The standard InChI is InChI=1S/C10H8.C6H6O.C5H6O/c1-2-6-10-8-4-3-7-9(10)5-1;7-6-4-2-1-3-5-6;1-2-4-6-5-3-1/h1-8H;1-5,7H;1-4H,5H2. The average molecular weight is 304 g/mol. The highest BCUT2D eigenvalue weighted by Crippen LogP contribution is 2.11. The van der Waals surface area contributed by atoms with Crippen LogP contribution in [0.5, 0.6) is 5.75 Å². The molecule has 0 bridgehead atoms. The monoisotopic (exact) mass is 304 g/mol. The van der Waals surface area contributed by atoms with Gasteiger partial charge in [-0.2, -0.15) is 0 Å². The van der Waals surface area contributed by atoms with Crippen LogP contribution in [0.2, 0.25) is 0 Å². The fraction of sp³-hybridized carbons (Fsp3) is 0.0476. The summed E-state index contributed by atoms with van der Waals surface area (Å²) in [5, 5.41) is 11.3. The summed E-state index contributed by atoms with van der Waals surface area (Å²) in [5.41, 5.74) is 0. The molecule has 23 heavy (non-hydrogen) atoms. The van der Waals surface area contributed by atoms with E-state index in [1.54, 1.807) is 30.5 Å². The number of aromatic hydroxyl groups is 1. The van der Waals surface area contributed by atoms with Crippen molar-refractivity contribution in [1.82, 2.24) is 0 Å². The Kier molecular flexibility index (Phi) is 7.01. The number of hydrogen-bond acceptors (Lipinski definition) is 2. The fourth-order valence-electron chi connectivity index (χ4n) is 1.91. The second-order valence-corrected chi connectivity index (χ2v) is 4.77. The topological polar surface area (TPSA) is 29.5 Å². The minimum absolute atomic E-state index is 0.322. The van der Waals surface area contributed by atoms with Crippen molar-refractivity contribution >= 4 is 10.8 Å². The van der Waals surface area contributed by atoms with E-state index in [2.05, 4.69) is 48.5 Å². The lowest BCUT2D eigenvalue weighted by Crippen LogP contribution is -1.82. The third kappa shape index (κ3) is 6.53. The minimum atomic E-state index is 0.322. The zero-order valence-corrected chi connectivity index (χ0v) is 12.9. The number of phenols is 1. The summed E-state index contributed by atoms with van der Waals surface area (Å²) < 4.78 is 4.80. The van der Waals surface area contributed by atoms with Gasteiger partial charge in [0.2, 0.25) is 0 Å². The molecule has 1 aliphatic rings. The summed E-state index contributed by atoms with van der Waals surface area (Å²) in [6.07, 6.45) is 7.47. The molecule has 3 aromatic rings. The average Bonchev–Trinajstić information content (AvgIpc) is 2.65. The van der Waals surface area contributed by atoms with Crippen molar-refractivity contribution in [3.63, 3.8) is 0 Å². The van der Waals surface area contributed by atoms with Crippen LogP contribution < -0.4 is 0 Å². The molecular formula is C21H20O2. The molecular weight excluding hydrogens is 284 g/mol.